The van der Waals surface area contributed by atoms with E-state index in [0.29, 0.717) is 34.6 Å². The van der Waals surface area contributed by atoms with Crippen LogP contribution < -0.4 is 10.6 Å². The van der Waals surface area contributed by atoms with Crippen molar-refractivity contribution in [3.63, 3.8) is 0 Å². The Labute approximate surface area is 190 Å². The van der Waals surface area contributed by atoms with Crippen molar-refractivity contribution in [3.05, 3.63) is 33.8 Å². The first-order valence-corrected chi connectivity index (χ1v) is 12.1. The Kier molecular flexibility index (Phi) is 9.12. The number of nitrogens with zero attached hydrogens (tertiary/aromatic N) is 1. The first-order chi connectivity index (χ1) is 14.5. The molecule has 0 radical (unpaired) electrons. The summed E-state index contributed by atoms with van der Waals surface area (Å²) in [5.74, 6) is 0.653. The van der Waals surface area contributed by atoms with Gasteiger partial charge in [0.15, 0.2) is 0 Å². The summed E-state index contributed by atoms with van der Waals surface area (Å²) >= 11 is 12.4. The summed E-state index contributed by atoms with van der Waals surface area (Å²) in [4.78, 5) is 14.9. The Balaban J connectivity index is 1.59. The highest BCUT2D eigenvalue weighted by atomic mass is 35.5. The molecule has 1 aliphatic carbocycles. The monoisotopic (exact) mass is 455 g/mol. The third-order valence-electron chi connectivity index (χ3n) is 6.61. The van der Waals surface area contributed by atoms with Crippen LogP contribution in [0.5, 0.6) is 0 Å². The average Bonchev–Trinajstić information content (AvgIpc) is 2.76. The van der Waals surface area contributed by atoms with Crippen LogP contribution in [0, 0.1) is 11.8 Å². The van der Waals surface area contributed by atoms with Gasteiger partial charge in [0, 0.05) is 37.2 Å². The molecule has 1 saturated carbocycles. The number of likely N-dealkylation sites (N-methyl/N-ethyl adjacent to an activating group) is 1. The number of likely N-dealkylation sites (tertiary alicyclic amines) is 1. The van der Waals surface area contributed by atoms with Crippen LogP contribution in [0.1, 0.15) is 63.0 Å². The van der Waals surface area contributed by atoms with Crippen LogP contribution in [0.2, 0.25) is 10.0 Å². The Morgan fingerprint density at radius 1 is 1.20 bits per heavy atom. The molecule has 1 aromatic rings. The third kappa shape index (κ3) is 6.25. The van der Waals surface area contributed by atoms with Crippen molar-refractivity contribution in [3.8, 4) is 0 Å². The van der Waals surface area contributed by atoms with Crippen LogP contribution in [0.3, 0.4) is 0 Å². The molecule has 0 unspecified atom stereocenters. The number of halogens is 2. The second-order valence-electron chi connectivity index (χ2n) is 8.88. The molecule has 2 fully saturated rings. The predicted octanol–water partition coefficient (Wildman–Crippen LogP) is 5.01. The normalized spacial score (nSPS) is 22.5. The van der Waals surface area contributed by atoms with Crippen molar-refractivity contribution in [2.45, 2.75) is 63.5 Å². The van der Waals surface area contributed by atoms with Gasteiger partial charge in [0.05, 0.1) is 16.1 Å². The highest BCUT2D eigenvalue weighted by Crippen LogP contribution is 2.36. The lowest BCUT2D eigenvalue weighted by molar-refractivity contribution is 0.0603. The number of aliphatic hydroxyl groups is 1. The summed E-state index contributed by atoms with van der Waals surface area (Å²) in [7, 11) is 1.93. The van der Waals surface area contributed by atoms with Gasteiger partial charge in [0.25, 0.3) is 0 Å². The molecule has 2 amide bonds. The zero-order valence-electron chi connectivity index (χ0n) is 17.9. The van der Waals surface area contributed by atoms with Gasteiger partial charge in [-0.05, 0) is 38.3 Å². The van der Waals surface area contributed by atoms with Crippen molar-refractivity contribution >= 4 is 29.2 Å². The van der Waals surface area contributed by atoms with Gasteiger partial charge in [0.1, 0.15) is 0 Å². The van der Waals surface area contributed by atoms with Crippen molar-refractivity contribution in [1.82, 2.24) is 15.5 Å². The van der Waals surface area contributed by atoms with Gasteiger partial charge < -0.3 is 20.6 Å². The highest BCUT2D eigenvalue weighted by molar-refractivity contribution is 6.42. The number of piperidine rings is 1. The number of amides is 2. The van der Waals surface area contributed by atoms with Crippen molar-refractivity contribution in [1.29, 1.82) is 0 Å². The van der Waals surface area contributed by atoms with E-state index in [4.69, 9.17) is 23.2 Å². The quantitative estimate of drug-likeness (QED) is 0.541. The summed E-state index contributed by atoms with van der Waals surface area (Å²) in [5.41, 5.74) is 0.641. The van der Waals surface area contributed by atoms with Crippen LogP contribution in [0.15, 0.2) is 18.2 Å². The summed E-state index contributed by atoms with van der Waals surface area (Å²) in [6, 6.07) is 5.44. The molecule has 1 aromatic carbocycles. The largest absolute Gasteiger partial charge is 0.388 e. The van der Waals surface area contributed by atoms with Gasteiger partial charge in [-0.1, -0.05) is 67.4 Å². The van der Waals surface area contributed by atoms with Crippen LogP contribution >= 0.6 is 23.2 Å². The van der Waals surface area contributed by atoms with E-state index in [1.54, 1.807) is 12.1 Å². The second-order valence-corrected chi connectivity index (χ2v) is 9.67. The zero-order valence-corrected chi connectivity index (χ0v) is 19.4. The molecule has 168 valence electrons. The maximum atomic E-state index is 13.0. The average molecular weight is 456 g/mol. The lowest BCUT2D eigenvalue weighted by Gasteiger charge is -2.36. The van der Waals surface area contributed by atoms with E-state index >= 15 is 0 Å². The Morgan fingerprint density at radius 2 is 1.97 bits per heavy atom. The molecule has 30 heavy (non-hydrogen) atoms. The maximum Gasteiger partial charge on any atom is 0.317 e. The molecule has 0 aromatic heterocycles. The van der Waals surface area contributed by atoms with E-state index in [-0.39, 0.29) is 18.0 Å². The number of benzene rings is 1. The van der Waals surface area contributed by atoms with Crippen LogP contribution in [0.25, 0.3) is 0 Å². The molecule has 1 heterocycles. The smallest absolute Gasteiger partial charge is 0.317 e. The number of aliphatic hydroxyl groups excluding tert-OH is 1. The molecule has 2 aliphatic rings. The SMILES string of the molecule is CNC[C@H](CC1CCCCC1)NC(=O)N1CCC[C@@H]([C@H](O)c2cccc(Cl)c2Cl)C1. The molecule has 3 rings (SSSR count). The molecule has 3 atom stereocenters. The van der Waals surface area contributed by atoms with E-state index in [1.165, 1.54) is 32.1 Å². The van der Waals surface area contributed by atoms with Crippen molar-refractivity contribution < 1.29 is 9.90 Å². The van der Waals surface area contributed by atoms with Crippen LogP contribution in [-0.2, 0) is 0 Å². The molecular weight excluding hydrogens is 421 g/mol. The molecule has 7 heteroatoms. The standard InChI is InChI=1S/C23H35Cl2N3O2/c1-26-14-18(13-16-7-3-2-4-8-16)27-23(30)28-12-6-9-17(15-28)22(29)19-10-5-11-20(24)21(19)25/h5,10-11,16-18,22,26,29H,2-4,6-9,12-15H2,1H3,(H,27,30)/t17-,18+,22+/m1/s1. The second kappa shape index (κ2) is 11.6. The summed E-state index contributed by atoms with van der Waals surface area (Å²) in [5, 5.41) is 18.2. The fraction of sp³-hybridized carbons (Fsp3) is 0.696. The molecule has 5 nitrogen and oxygen atoms in total. The Morgan fingerprint density at radius 3 is 2.70 bits per heavy atom. The molecule has 0 bridgehead atoms. The number of hydrogen-bond donors (Lipinski definition) is 3. The van der Waals surface area contributed by atoms with Gasteiger partial charge in [-0.3, -0.25) is 0 Å². The minimum atomic E-state index is -0.734. The molecule has 3 N–H and O–H groups in total. The summed E-state index contributed by atoms with van der Waals surface area (Å²) in [6.45, 7) is 2.01. The van der Waals surface area contributed by atoms with Crippen molar-refractivity contribution in [2.24, 2.45) is 11.8 Å². The zero-order chi connectivity index (χ0) is 21.5. The van der Waals surface area contributed by atoms with Gasteiger partial charge in [-0.15, -0.1) is 0 Å². The third-order valence-corrected chi connectivity index (χ3v) is 7.45. The van der Waals surface area contributed by atoms with Gasteiger partial charge in [0.2, 0.25) is 0 Å². The number of carbonyl (C=O) groups is 1. The van der Waals surface area contributed by atoms with E-state index in [0.717, 1.165) is 25.8 Å². The number of carbonyl (C=O) groups excluding carboxylic acids is 1. The summed E-state index contributed by atoms with van der Waals surface area (Å²) in [6.07, 6.45) is 8.52. The van der Waals surface area contributed by atoms with Crippen molar-refractivity contribution in [2.75, 3.05) is 26.7 Å². The number of nitrogens with one attached hydrogen (secondary N) is 2. The fourth-order valence-corrected chi connectivity index (χ4v) is 5.41. The maximum absolute atomic E-state index is 13.0. The lowest BCUT2D eigenvalue weighted by atomic mass is 9.85. The number of hydrogen-bond acceptors (Lipinski definition) is 3. The van der Waals surface area contributed by atoms with E-state index < -0.39 is 6.10 Å². The molecule has 1 saturated heterocycles. The van der Waals surface area contributed by atoms with E-state index in [1.807, 2.05) is 18.0 Å². The molecular formula is C23H35Cl2N3O2. The fourth-order valence-electron chi connectivity index (χ4n) is 4.99. The Hall–Kier alpha value is -1.01. The topological polar surface area (TPSA) is 64.6 Å². The molecule has 0 spiro atoms. The predicted molar refractivity (Wildman–Crippen MR) is 123 cm³/mol. The van der Waals surface area contributed by atoms with Crippen LogP contribution in [-0.4, -0.2) is 48.8 Å². The van der Waals surface area contributed by atoms with E-state index in [2.05, 4.69) is 10.6 Å². The first-order valence-electron chi connectivity index (χ1n) is 11.3. The molecule has 1 aliphatic heterocycles. The number of rotatable bonds is 7. The minimum Gasteiger partial charge on any atom is -0.388 e. The van der Waals surface area contributed by atoms with E-state index in [9.17, 15) is 9.90 Å². The van der Waals surface area contributed by atoms with Crippen LogP contribution in [0.4, 0.5) is 4.79 Å². The van der Waals surface area contributed by atoms with Gasteiger partial charge in [-0.2, -0.15) is 0 Å². The highest BCUT2D eigenvalue weighted by Gasteiger charge is 2.31. The lowest BCUT2D eigenvalue weighted by Crippen LogP contribution is -2.51. The summed E-state index contributed by atoms with van der Waals surface area (Å²) < 4.78 is 0. The van der Waals surface area contributed by atoms with Gasteiger partial charge in [-0.25, -0.2) is 4.79 Å². The Bertz CT molecular complexity index is 697. The number of urea groups is 1. The van der Waals surface area contributed by atoms with Gasteiger partial charge >= 0.3 is 6.03 Å². The minimum absolute atomic E-state index is 0.0276. The first kappa shape index (κ1) is 23.6.